The summed E-state index contributed by atoms with van der Waals surface area (Å²) in [7, 11) is -2.14. The van der Waals surface area contributed by atoms with Gasteiger partial charge in [0, 0.05) is 12.0 Å². The van der Waals surface area contributed by atoms with Gasteiger partial charge in [0.2, 0.25) is 11.8 Å². The van der Waals surface area contributed by atoms with Gasteiger partial charge < -0.3 is 18.6 Å². The number of carbonyl (C=O) groups is 1. The molecule has 0 unspecified atom stereocenters. The van der Waals surface area contributed by atoms with Gasteiger partial charge in [-0.2, -0.15) is 0 Å². The highest BCUT2D eigenvalue weighted by molar-refractivity contribution is 7.91. The summed E-state index contributed by atoms with van der Waals surface area (Å²) in [6, 6.07) is 11.0. The van der Waals surface area contributed by atoms with Gasteiger partial charge in [0.1, 0.15) is 19.0 Å². The van der Waals surface area contributed by atoms with Gasteiger partial charge in [-0.25, -0.2) is 8.42 Å². The zero-order chi connectivity index (χ0) is 21.8. The molecule has 0 saturated carbocycles. The van der Waals surface area contributed by atoms with E-state index >= 15 is 0 Å². The van der Waals surface area contributed by atoms with Crippen molar-refractivity contribution in [2.24, 2.45) is 0 Å². The predicted molar refractivity (Wildman–Crippen MR) is 109 cm³/mol. The number of sulfone groups is 1. The molecule has 0 radical (unpaired) electrons. The summed E-state index contributed by atoms with van der Waals surface area (Å²) in [5.41, 5.74) is 0.597. The number of methoxy groups -OCH3 is 1. The number of fused-ring (bicyclic) bond motifs is 1. The zero-order valence-electron chi connectivity index (χ0n) is 16.5. The van der Waals surface area contributed by atoms with Crippen molar-refractivity contribution in [3.05, 3.63) is 42.5 Å². The second-order valence-corrected chi connectivity index (χ2v) is 8.67. The Kier molecular flexibility index (Phi) is 5.76. The van der Waals surface area contributed by atoms with Gasteiger partial charge in [0.25, 0.3) is 0 Å². The van der Waals surface area contributed by atoms with Gasteiger partial charge >= 0.3 is 6.01 Å². The van der Waals surface area contributed by atoms with E-state index in [4.69, 9.17) is 18.6 Å². The minimum atomic E-state index is -3.63. The molecule has 10 nitrogen and oxygen atoms in total. The zero-order valence-corrected chi connectivity index (χ0v) is 17.3. The number of carbonyl (C=O) groups excluding carboxylic acids is 1. The summed E-state index contributed by atoms with van der Waals surface area (Å²) in [6.45, 7) is 0.929. The predicted octanol–water partition coefficient (Wildman–Crippen LogP) is 2.32. The smallest absolute Gasteiger partial charge is 0.322 e. The summed E-state index contributed by atoms with van der Waals surface area (Å²) in [4.78, 5) is 12.3. The molecule has 0 atom stereocenters. The van der Waals surface area contributed by atoms with Crippen LogP contribution in [0.1, 0.15) is 6.42 Å². The summed E-state index contributed by atoms with van der Waals surface area (Å²) >= 11 is 0. The van der Waals surface area contributed by atoms with E-state index in [1.807, 2.05) is 0 Å². The molecule has 31 heavy (non-hydrogen) atoms. The van der Waals surface area contributed by atoms with Crippen molar-refractivity contribution >= 4 is 21.8 Å². The number of hydrogen-bond donors (Lipinski definition) is 1. The van der Waals surface area contributed by atoms with Crippen LogP contribution in [0.15, 0.2) is 51.8 Å². The highest BCUT2D eigenvalue weighted by Crippen LogP contribution is 2.34. The molecule has 1 N–H and O–H groups in total. The number of aromatic nitrogens is 2. The van der Waals surface area contributed by atoms with E-state index in [1.54, 1.807) is 30.3 Å². The molecule has 162 valence electrons. The summed E-state index contributed by atoms with van der Waals surface area (Å²) in [5, 5.41) is 10.1. The molecule has 0 bridgehead atoms. The molecule has 11 heteroatoms. The first-order valence-corrected chi connectivity index (χ1v) is 11.0. The Hall–Kier alpha value is -3.60. The molecule has 2 heterocycles. The van der Waals surface area contributed by atoms with E-state index in [0.29, 0.717) is 36.0 Å². The molecular weight excluding hydrogens is 426 g/mol. The standard InChI is InChI=1S/C20H19N3O7S/c1-27-14-3-5-15(6-4-14)31(25,26)11-8-18(24)21-20-23-22-19(30-20)13-2-7-16-17(12-13)29-10-9-28-16/h2-7,12H,8-11H2,1H3,(H,21,23,24). The maximum atomic E-state index is 12.4. The van der Waals surface area contributed by atoms with Crippen molar-refractivity contribution in [2.75, 3.05) is 31.4 Å². The molecule has 1 aliphatic heterocycles. The van der Waals surface area contributed by atoms with Gasteiger partial charge in [0.15, 0.2) is 21.3 Å². The van der Waals surface area contributed by atoms with Gasteiger partial charge in [-0.05, 0) is 42.5 Å². The first-order valence-electron chi connectivity index (χ1n) is 9.35. The fraction of sp³-hybridized carbons (Fsp3) is 0.250. The van der Waals surface area contributed by atoms with Gasteiger partial charge in [0.05, 0.1) is 17.8 Å². The van der Waals surface area contributed by atoms with Crippen molar-refractivity contribution < 1.29 is 31.8 Å². The molecule has 1 aliphatic rings. The third-order valence-electron chi connectivity index (χ3n) is 4.48. The van der Waals surface area contributed by atoms with Crippen LogP contribution >= 0.6 is 0 Å². The molecule has 0 fully saturated rings. The fourth-order valence-corrected chi connectivity index (χ4v) is 4.12. The first-order chi connectivity index (χ1) is 14.9. The Morgan fingerprint density at radius 2 is 1.81 bits per heavy atom. The lowest BCUT2D eigenvalue weighted by Gasteiger charge is -2.18. The molecule has 0 spiro atoms. The largest absolute Gasteiger partial charge is 0.497 e. The Morgan fingerprint density at radius 1 is 1.06 bits per heavy atom. The van der Waals surface area contributed by atoms with Crippen molar-refractivity contribution in [3.63, 3.8) is 0 Å². The molecule has 4 rings (SSSR count). The number of benzene rings is 2. The molecular formula is C20H19N3O7S. The normalized spacial score (nSPS) is 12.9. The molecule has 1 amide bonds. The molecule has 0 aliphatic carbocycles. The van der Waals surface area contributed by atoms with E-state index in [2.05, 4.69) is 15.5 Å². The van der Waals surface area contributed by atoms with Crippen molar-refractivity contribution in [1.29, 1.82) is 0 Å². The molecule has 3 aromatic rings. The third kappa shape index (κ3) is 4.77. The SMILES string of the molecule is COc1ccc(S(=O)(=O)CCC(=O)Nc2nnc(-c3ccc4c(c3)OCCO4)o2)cc1. The first kappa shape index (κ1) is 20.7. The molecule has 0 saturated heterocycles. The fourth-order valence-electron chi connectivity index (χ4n) is 2.88. The highest BCUT2D eigenvalue weighted by atomic mass is 32.2. The average molecular weight is 445 g/mol. The third-order valence-corrected chi connectivity index (χ3v) is 6.21. The van der Waals surface area contributed by atoms with E-state index < -0.39 is 15.7 Å². The van der Waals surface area contributed by atoms with Crippen LogP contribution in [0.5, 0.6) is 17.2 Å². The van der Waals surface area contributed by atoms with Crippen molar-refractivity contribution in [1.82, 2.24) is 10.2 Å². The van der Waals surface area contributed by atoms with Crippen LogP contribution in [0.4, 0.5) is 6.01 Å². The average Bonchev–Trinajstić information content (AvgIpc) is 3.26. The van der Waals surface area contributed by atoms with Gasteiger partial charge in [-0.15, -0.1) is 5.10 Å². The van der Waals surface area contributed by atoms with E-state index in [0.717, 1.165) is 0 Å². The molecule has 1 aromatic heterocycles. The lowest BCUT2D eigenvalue weighted by atomic mass is 10.2. The Balaban J connectivity index is 1.36. The van der Waals surface area contributed by atoms with Crippen LogP contribution in [0, 0.1) is 0 Å². The minimum absolute atomic E-state index is 0.111. The Bertz CT molecular complexity index is 1190. The highest BCUT2D eigenvalue weighted by Gasteiger charge is 2.19. The van der Waals surface area contributed by atoms with Crippen LogP contribution in [0.3, 0.4) is 0 Å². The van der Waals surface area contributed by atoms with Crippen molar-refractivity contribution in [3.8, 4) is 28.7 Å². The number of nitrogens with one attached hydrogen (secondary N) is 1. The van der Waals surface area contributed by atoms with Crippen LogP contribution in [0.25, 0.3) is 11.5 Å². The second kappa shape index (κ2) is 8.64. The minimum Gasteiger partial charge on any atom is -0.497 e. The number of hydrogen-bond acceptors (Lipinski definition) is 9. The lowest BCUT2D eigenvalue weighted by Crippen LogP contribution is -2.17. The monoisotopic (exact) mass is 445 g/mol. The number of anilines is 1. The maximum absolute atomic E-state index is 12.4. The summed E-state index contributed by atoms with van der Waals surface area (Å²) in [5.74, 6) is 0.987. The second-order valence-electron chi connectivity index (χ2n) is 6.56. The van der Waals surface area contributed by atoms with Crippen LogP contribution in [-0.4, -0.2) is 50.6 Å². The summed E-state index contributed by atoms with van der Waals surface area (Å²) < 4.78 is 46.3. The maximum Gasteiger partial charge on any atom is 0.322 e. The van der Waals surface area contributed by atoms with Crippen LogP contribution in [-0.2, 0) is 14.6 Å². The topological polar surface area (TPSA) is 130 Å². The number of nitrogens with zero attached hydrogens (tertiary/aromatic N) is 2. The van der Waals surface area contributed by atoms with E-state index in [-0.39, 0.29) is 29.0 Å². The van der Waals surface area contributed by atoms with E-state index in [9.17, 15) is 13.2 Å². The van der Waals surface area contributed by atoms with Crippen molar-refractivity contribution in [2.45, 2.75) is 11.3 Å². The Morgan fingerprint density at radius 3 is 2.55 bits per heavy atom. The van der Waals surface area contributed by atoms with Gasteiger partial charge in [-0.3, -0.25) is 10.1 Å². The quantitative estimate of drug-likeness (QED) is 0.582. The summed E-state index contributed by atoms with van der Waals surface area (Å²) in [6.07, 6.45) is -0.268. The van der Waals surface area contributed by atoms with E-state index in [1.165, 1.54) is 19.2 Å². The Labute approximate surface area is 178 Å². The van der Waals surface area contributed by atoms with Crippen LogP contribution in [0.2, 0.25) is 0 Å². The number of rotatable bonds is 7. The number of ether oxygens (including phenoxy) is 3. The number of amides is 1. The van der Waals surface area contributed by atoms with Crippen LogP contribution < -0.4 is 19.5 Å². The van der Waals surface area contributed by atoms with Gasteiger partial charge in [-0.1, -0.05) is 5.10 Å². The molecule has 2 aromatic carbocycles. The lowest BCUT2D eigenvalue weighted by molar-refractivity contribution is -0.115.